The zero-order chi connectivity index (χ0) is 17.4. The van der Waals surface area contributed by atoms with Crippen molar-refractivity contribution in [2.75, 3.05) is 13.2 Å². The van der Waals surface area contributed by atoms with Gasteiger partial charge in [0.15, 0.2) is 5.76 Å². The van der Waals surface area contributed by atoms with Crippen LogP contribution in [0.4, 0.5) is 0 Å². The van der Waals surface area contributed by atoms with Gasteiger partial charge in [-0.2, -0.15) is 5.10 Å². The van der Waals surface area contributed by atoms with Crippen LogP contribution in [0.3, 0.4) is 0 Å². The minimum absolute atomic E-state index is 0.260. The molecule has 0 saturated carbocycles. The smallest absolute Gasteiger partial charge is 0.215 e. The molecule has 2 unspecified atom stereocenters. The molecule has 0 amide bonds. The number of hydrogen-bond acceptors (Lipinski definition) is 5. The number of aromatic nitrogens is 2. The van der Waals surface area contributed by atoms with Gasteiger partial charge in [0.1, 0.15) is 5.76 Å². The molecular weight excluding hydrogens is 320 g/mol. The highest BCUT2D eigenvalue weighted by atomic mass is 16.6. The van der Waals surface area contributed by atoms with Gasteiger partial charge in [-0.1, -0.05) is 0 Å². The number of rotatable bonds is 5. The maximum absolute atomic E-state index is 10.2. The number of ether oxygens (including phenoxy) is 2. The van der Waals surface area contributed by atoms with Gasteiger partial charge in [-0.15, -0.1) is 0 Å². The summed E-state index contributed by atoms with van der Waals surface area (Å²) in [6.07, 6.45) is 6.61. The molecule has 4 rings (SSSR count). The van der Waals surface area contributed by atoms with Crippen molar-refractivity contribution in [1.29, 1.82) is 0 Å². The number of nitrogens with zero attached hydrogens (tertiary/aromatic N) is 2. The predicted molar refractivity (Wildman–Crippen MR) is 92.3 cm³/mol. The fraction of sp³-hybridized carbons (Fsp3) is 0.632. The van der Waals surface area contributed by atoms with Crippen molar-refractivity contribution in [3.8, 4) is 11.3 Å². The van der Waals surface area contributed by atoms with E-state index in [1.54, 1.807) is 0 Å². The van der Waals surface area contributed by atoms with Gasteiger partial charge in [-0.05, 0) is 45.1 Å². The fourth-order valence-corrected chi connectivity index (χ4v) is 3.91. The second-order valence-corrected chi connectivity index (χ2v) is 6.91. The normalized spacial score (nSPS) is 21.0. The quantitative estimate of drug-likeness (QED) is 0.842. The van der Waals surface area contributed by atoms with Crippen LogP contribution in [0.2, 0.25) is 0 Å². The number of furan rings is 1. The highest BCUT2D eigenvalue weighted by Gasteiger charge is 2.30. The van der Waals surface area contributed by atoms with Crippen molar-refractivity contribution in [1.82, 2.24) is 9.78 Å². The molecule has 2 atom stereocenters. The monoisotopic (exact) mass is 346 g/mol. The second-order valence-electron chi connectivity index (χ2n) is 6.91. The zero-order valence-corrected chi connectivity index (χ0v) is 15.0. The standard InChI is InChI=1S/C19H26N2O4/c1-3-23-19(22)18-12(2)16-15(25-18)8-7-13-10-21(20-17(13)16)11-14-6-4-5-9-24-14/h10,14,19,22H,3-9,11H2,1-2H3. The van der Waals surface area contributed by atoms with E-state index in [1.165, 1.54) is 12.0 Å². The number of aryl methyl sites for hydroxylation is 2. The van der Waals surface area contributed by atoms with Crippen LogP contribution in [0, 0.1) is 6.92 Å². The average molecular weight is 346 g/mol. The van der Waals surface area contributed by atoms with E-state index in [9.17, 15) is 5.11 Å². The van der Waals surface area contributed by atoms with E-state index in [2.05, 4.69) is 6.20 Å². The number of aliphatic hydroxyl groups excluding tert-OH is 1. The number of hydrogen-bond donors (Lipinski definition) is 1. The predicted octanol–water partition coefficient (Wildman–Crippen LogP) is 3.15. The highest BCUT2D eigenvalue weighted by molar-refractivity contribution is 5.71. The van der Waals surface area contributed by atoms with Gasteiger partial charge in [0, 0.05) is 37.0 Å². The molecule has 1 saturated heterocycles. The van der Waals surface area contributed by atoms with Crippen LogP contribution in [-0.2, 0) is 28.9 Å². The van der Waals surface area contributed by atoms with Crippen molar-refractivity contribution in [3.63, 3.8) is 0 Å². The summed E-state index contributed by atoms with van der Waals surface area (Å²) < 4.78 is 19.1. The Bertz CT molecular complexity index is 743. The summed E-state index contributed by atoms with van der Waals surface area (Å²) in [6, 6.07) is 0. The maximum atomic E-state index is 10.2. The zero-order valence-electron chi connectivity index (χ0n) is 15.0. The van der Waals surface area contributed by atoms with Crippen molar-refractivity contribution in [3.05, 3.63) is 28.8 Å². The summed E-state index contributed by atoms with van der Waals surface area (Å²) in [5.41, 5.74) is 4.17. The third-order valence-corrected chi connectivity index (χ3v) is 5.17. The molecule has 0 radical (unpaired) electrons. The maximum Gasteiger partial charge on any atom is 0.215 e. The van der Waals surface area contributed by atoms with Gasteiger partial charge < -0.3 is 19.0 Å². The Morgan fingerprint density at radius 1 is 1.40 bits per heavy atom. The third-order valence-electron chi connectivity index (χ3n) is 5.17. The van der Waals surface area contributed by atoms with E-state index < -0.39 is 6.29 Å². The van der Waals surface area contributed by atoms with E-state index in [1.807, 2.05) is 18.5 Å². The van der Waals surface area contributed by atoms with Gasteiger partial charge >= 0.3 is 0 Å². The van der Waals surface area contributed by atoms with Crippen molar-refractivity contribution in [2.45, 2.75) is 64.9 Å². The first-order valence-corrected chi connectivity index (χ1v) is 9.27. The molecule has 1 aliphatic carbocycles. The van der Waals surface area contributed by atoms with E-state index in [-0.39, 0.29) is 6.10 Å². The first-order valence-electron chi connectivity index (χ1n) is 9.27. The summed E-state index contributed by atoms with van der Waals surface area (Å²) in [5, 5.41) is 15.0. The van der Waals surface area contributed by atoms with E-state index in [0.717, 1.165) is 61.4 Å². The number of fused-ring (bicyclic) bond motifs is 3. The minimum Gasteiger partial charge on any atom is -0.460 e. The van der Waals surface area contributed by atoms with Gasteiger partial charge in [-0.25, -0.2) is 0 Å². The fourth-order valence-electron chi connectivity index (χ4n) is 3.91. The lowest BCUT2D eigenvalue weighted by Crippen LogP contribution is -2.24. The van der Waals surface area contributed by atoms with Crippen LogP contribution >= 0.6 is 0 Å². The molecule has 0 aromatic carbocycles. The van der Waals surface area contributed by atoms with Gasteiger partial charge in [0.2, 0.25) is 6.29 Å². The molecule has 1 fully saturated rings. The molecule has 3 heterocycles. The van der Waals surface area contributed by atoms with Gasteiger partial charge in [-0.3, -0.25) is 4.68 Å². The lowest BCUT2D eigenvalue weighted by molar-refractivity contribution is -0.111. The summed E-state index contributed by atoms with van der Waals surface area (Å²) >= 11 is 0. The Hall–Kier alpha value is -1.63. The van der Waals surface area contributed by atoms with E-state index >= 15 is 0 Å². The molecule has 2 aliphatic rings. The van der Waals surface area contributed by atoms with Crippen LogP contribution in [0.25, 0.3) is 11.3 Å². The molecule has 1 aliphatic heterocycles. The summed E-state index contributed by atoms with van der Waals surface area (Å²) in [5.74, 6) is 1.41. The Balaban J connectivity index is 1.62. The third kappa shape index (κ3) is 3.14. The van der Waals surface area contributed by atoms with Crippen LogP contribution in [0.15, 0.2) is 10.6 Å². The Labute approximate surface area is 147 Å². The Morgan fingerprint density at radius 2 is 2.28 bits per heavy atom. The molecule has 25 heavy (non-hydrogen) atoms. The molecule has 6 nitrogen and oxygen atoms in total. The van der Waals surface area contributed by atoms with E-state index in [4.69, 9.17) is 19.0 Å². The first-order chi connectivity index (χ1) is 12.2. The summed E-state index contributed by atoms with van der Waals surface area (Å²) in [4.78, 5) is 0. The molecule has 6 heteroatoms. The molecule has 0 spiro atoms. The van der Waals surface area contributed by atoms with Crippen LogP contribution < -0.4 is 0 Å². The summed E-state index contributed by atoms with van der Waals surface area (Å²) in [7, 11) is 0. The second kappa shape index (κ2) is 6.94. The van der Waals surface area contributed by atoms with Gasteiger partial charge in [0.05, 0.1) is 18.3 Å². The molecule has 0 bridgehead atoms. The van der Waals surface area contributed by atoms with Gasteiger partial charge in [0.25, 0.3) is 0 Å². The molecule has 2 aromatic heterocycles. The largest absolute Gasteiger partial charge is 0.460 e. The minimum atomic E-state index is -1.02. The van der Waals surface area contributed by atoms with Crippen LogP contribution in [-0.4, -0.2) is 34.2 Å². The molecule has 136 valence electrons. The van der Waals surface area contributed by atoms with Crippen molar-refractivity contribution in [2.24, 2.45) is 0 Å². The van der Waals surface area contributed by atoms with Crippen molar-refractivity contribution >= 4 is 0 Å². The average Bonchev–Trinajstić information content (AvgIpc) is 3.16. The first kappa shape index (κ1) is 16.8. The Morgan fingerprint density at radius 3 is 3.04 bits per heavy atom. The van der Waals surface area contributed by atoms with Crippen LogP contribution in [0.5, 0.6) is 0 Å². The summed E-state index contributed by atoms with van der Waals surface area (Å²) in [6.45, 7) is 5.92. The molecular formula is C19H26N2O4. The van der Waals surface area contributed by atoms with Crippen molar-refractivity contribution < 1.29 is 19.0 Å². The lowest BCUT2D eigenvalue weighted by Gasteiger charge is -2.22. The topological polar surface area (TPSA) is 69.7 Å². The number of aliphatic hydroxyl groups is 1. The Kier molecular flexibility index (Phi) is 4.67. The lowest BCUT2D eigenvalue weighted by atomic mass is 9.93. The molecule has 1 N–H and O–H groups in total. The SMILES string of the molecule is CCOC(O)c1oc2c(c1C)-c1nn(CC3CCCCO3)cc1CC2. The molecule has 2 aromatic rings. The highest BCUT2D eigenvalue weighted by Crippen LogP contribution is 2.40. The van der Waals surface area contributed by atoms with Crippen LogP contribution in [0.1, 0.15) is 55.1 Å². The van der Waals surface area contributed by atoms with E-state index in [0.29, 0.717) is 12.4 Å².